The highest BCUT2D eigenvalue weighted by Crippen LogP contribution is 2.18. The minimum Gasteiger partial charge on any atom is -0.302 e. The fraction of sp³-hybridized carbons (Fsp3) is 0.600. The number of hydrogen-bond acceptors (Lipinski definition) is 3. The first-order valence-corrected chi connectivity index (χ1v) is 8.73. The van der Waals surface area contributed by atoms with Crippen LogP contribution in [0, 0.1) is 5.92 Å². The molecular weight excluding hydrogens is 258 g/mol. The van der Waals surface area contributed by atoms with Crippen molar-refractivity contribution in [3.05, 3.63) is 35.9 Å². The SMILES string of the molecule is C[C@@H](Cc1ccccc1)CN(C)[C@H]1CCS(=O)(=O)C1. The third-order valence-electron chi connectivity index (χ3n) is 3.86. The Kier molecular flexibility index (Phi) is 4.63. The summed E-state index contributed by atoms with van der Waals surface area (Å²) in [6, 6.07) is 10.7. The number of sulfone groups is 1. The molecule has 0 amide bonds. The summed E-state index contributed by atoms with van der Waals surface area (Å²) in [5, 5.41) is 0. The lowest BCUT2D eigenvalue weighted by atomic mass is 10.00. The van der Waals surface area contributed by atoms with Crippen molar-refractivity contribution < 1.29 is 8.42 Å². The van der Waals surface area contributed by atoms with Gasteiger partial charge in [0, 0.05) is 12.6 Å². The van der Waals surface area contributed by atoms with E-state index >= 15 is 0 Å². The van der Waals surface area contributed by atoms with Gasteiger partial charge in [0.2, 0.25) is 0 Å². The summed E-state index contributed by atoms with van der Waals surface area (Å²) in [6.07, 6.45) is 1.83. The smallest absolute Gasteiger partial charge is 0.151 e. The second-order valence-electron chi connectivity index (χ2n) is 5.79. The normalized spacial score (nSPS) is 23.6. The Balaban J connectivity index is 1.84. The van der Waals surface area contributed by atoms with Crippen LogP contribution in [0.1, 0.15) is 18.9 Å². The molecule has 0 unspecified atom stereocenters. The van der Waals surface area contributed by atoms with Crippen molar-refractivity contribution in [1.29, 1.82) is 0 Å². The molecule has 0 radical (unpaired) electrons. The highest BCUT2D eigenvalue weighted by atomic mass is 32.2. The number of rotatable bonds is 5. The van der Waals surface area contributed by atoms with Crippen LogP contribution in [0.3, 0.4) is 0 Å². The van der Waals surface area contributed by atoms with Crippen LogP contribution in [0.25, 0.3) is 0 Å². The molecule has 1 saturated heterocycles. The Bertz CT molecular complexity index is 498. The summed E-state index contributed by atoms with van der Waals surface area (Å²) in [6.45, 7) is 3.18. The lowest BCUT2D eigenvalue weighted by Crippen LogP contribution is -2.36. The van der Waals surface area contributed by atoms with Gasteiger partial charge in [-0.05, 0) is 31.4 Å². The molecule has 106 valence electrons. The van der Waals surface area contributed by atoms with Crippen molar-refractivity contribution in [3.8, 4) is 0 Å². The van der Waals surface area contributed by atoms with E-state index in [1.54, 1.807) is 0 Å². The molecule has 19 heavy (non-hydrogen) atoms. The fourth-order valence-electron chi connectivity index (χ4n) is 2.84. The zero-order valence-corrected chi connectivity index (χ0v) is 12.6. The van der Waals surface area contributed by atoms with E-state index in [-0.39, 0.29) is 6.04 Å². The topological polar surface area (TPSA) is 37.4 Å². The van der Waals surface area contributed by atoms with Gasteiger partial charge < -0.3 is 4.90 Å². The highest BCUT2D eigenvalue weighted by Gasteiger charge is 2.30. The quantitative estimate of drug-likeness (QED) is 0.828. The summed E-state index contributed by atoms with van der Waals surface area (Å²) in [5.74, 6) is 1.23. The Morgan fingerprint density at radius 1 is 1.32 bits per heavy atom. The zero-order chi connectivity index (χ0) is 13.9. The van der Waals surface area contributed by atoms with Crippen LogP contribution in [-0.4, -0.2) is 44.5 Å². The van der Waals surface area contributed by atoms with Crippen LogP contribution in [0.15, 0.2) is 30.3 Å². The van der Waals surface area contributed by atoms with E-state index in [0.29, 0.717) is 17.4 Å². The Hall–Kier alpha value is -0.870. The van der Waals surface area contributed by atoms with E-state index in [1.165, 1.54) is 5.56 Å². The molecule has 4 heteroatoms. The van der Waals surface area contributed by atoms with Crippen LogP contribution in [0.4, 0.5) is 0 Å². The molecule has 2 atom stereocenters. The molecular formula is C15H23NO2S. The monoisotopic (exact) mass is 281 g/mol. The van der Waals surface area contributed by atoms with Crippen LogP contribution >= 0.6 is 0 Å². The summed E-state index contributed by atoms with van der Waals surface area (Å²) in [5.41, 5.74) is 1.35. The van der Waals surface area contributed by atoms with E-state index in [9.17, 15) is 8.42 Å². The minimum absolute atomic E-state index is 0.211. The molecule has 1 aromatic rings. The Morgan fingerprint density at radius 3 is 2.58 bits per heavy atom. The van der Waals surface area contributed by atoms with E-state index < -0.39 is 9.84 Å². The van der Waals surface area contributed by atoms with Crippen molar-refractivity contribution in [2.45, 2.75) is 25.8 Å². The Labute approximate surface area is 116 Å². The molecule has 0 aliphatic carbocycles. The molecule has 1 fully saturated rings. The van der Waals surface area contributed by atoms with Crippen molar-refractivity contribution in [2.24, 2.45) is 5.92 Å². The predicted octanol–water partition coefficient (Wildman–Crippen LogP) is 1.98. The molecule has 1 aliphatic rings. The minimum atomic E-state index is -2.78. The number of nitrogens with zero attached hydrogens (tertiary/aromatic N) is 1. The van der Waals surface area contributed by atoms with Crippen molar-refractivity contribution in [1.82, 2.24) is 4.90 Å². The zero-order valence-electron chi connectivity index (χ0n) is 11.7. The van der Waals surface area contributed by atoms with Gasteiger partial charge in [0.1, 0.15) is 0 Å². The standard InChI is InChI=1S/C15H23NO2S/c1-13(10-14-6-4-3-5-7-14)11-16(2)15-8-9-19(17,18)12-15/h3-7,13,15H,8-12H2,1-2H3/t13-,15-/m0/s1. The first-order valence-electron chi connectivity index (χ1n) is 6.91. The molecule has 1 heterocycles. The molecule has 0 spiro atoms. The van der Waals surface area contributed by atoms with E-state index in [4.69, 9.17) is 0 Å². The third-order valence-corrected chi connectivity index (χ3v) is 5.61. The largest absolute Gasteiger partial charge is 0.302 e. The van der Waals surface area contributed by atoms with Crippen molar-refractivity contribution >= 4 is 9.84 Å². The molecule has 2 rings (SSSR count). The van der Waals surface area contributed by atoms with E-state index in [2.05, 4.69) is 36.1 Å². The maximum atomic E-state index is 11.5. The lowest BCUT2D eigenvalue weighted by Gasteiger charge is -2.26. The molecule has 0 bridgehead atoms. The van der Waals surface area contributed by atoms with Crippen LogP contribution in [0.2, 0.25) is 0 Å². The summed E-state index contributed by atoms with van der Waals surface area (Å²) < 4.78 is 23.0. The molecule has 0 aromatic heterocycles. The van der Waals surface area contributed by atoms with Gasteiger partial charge in [-0.2, -0.15) is 0 Å². The van der Waals surface area contributed by atoms with E-state index in [1.807, 2.05) is 13.1 Å². The second-order valence-corrected chi connectivity index (χ2v) is 8.02. The van der Waals surface area contributed by atoms with Crippen LogP contribution in [0.5, 0.6) is 0 Å². The van der Waals surface area contributed by atoms with Gasteiger partial charge in [-0.3, -0.25) is 0 Å². The molecule has 0 saturated carbocycles. The first-order chi connectivity index (χ1) is 8.96. The second kappa shape index (κ2) is 6.06. The van der Waals surface area contributed by atoms with Crippen LogP contribution in [-0.2, 0) is 16.3 Å². The highest BCUT2D eigenvalue weighted by molar-refractivity contribution is 7.91. The maximum absolute atomic E-state index is 11.5. The van der Waals surface area contributed by atoms with Gasteiger partial charge in [0.05, 0.1) is 11.5 Å². The maximum Gasteiger partial charge on any atom is 0.151 e. The predicted molar refractivity (Wildman–Crippen MR) is 79.0 cm³/mol. The van der Waals surface area contributed by atoms with Gasteiger partial charge >= 0.3 is 0 Å². The third kappa shape index (κ3) is 4.32. The van der Waals surface area contributed by atoms with Crippen molar-refractivity contribution in [2.75, 3.05) is 25.1 Å². The summed E-state index contributed by atoms with van der Waals surface area (Å²) in [4.78, 5) is 2.22. The van der Waals surface area contributed by atoms with Gasteiger partial charge in [0.15, 0.2) is 9.84 Å². The number of hydrogen-bond donors (Lipinski definition) is 0. The fourth-order valence-corrected chi connectivity index (χ4v) is 4.65. The molecule has 1 aromatic carbocycles. The average molecular weight is 281 g/mol. The first kappa shape index (κ1) is 14.5. The van der Waals surface area contributed by atoms with Crippen LogP contribution < -0.4 is 0 Å². The summed E-state index contributed by atoms with van der Waals surface area (Å²) in [7, 11) is -0.728. The average Bonchev–Trinajstić information content (AvgIpc) is 2.71. The molecule has 1 aliphatic heterocycles. The van der Waals surface area contributed by atoms with Crippen molar-refractivity contribution in [3.63, 3.8) is 0 Å². The van der Waals surface area contributed by atoms with Gasteiger partial charge in [0.25, 0.3) is 0 Å². The van der Waals surface area contributed by atoms with Gasteiger partial charge in [-0.1, -0.05) is 37.3 Å². The lowest BCUT2D eigenvalue weighted by molar-refractivity contribution is 0.227. The van der Waals surface area contributed by atoms with E-state index in [0.717, 1.165) is 19.4 Å². The number of benzene rings is 1. The Morgan fingerprint density at radius 2 is 2.00 bits per heavy atom. The van der Waals surface area contributed by atoms with Gasteiger partial charge in [-0.15, -0.1) is 0 Å². The molecule has 3 nitrogen and oxygen atoms in total. The van der Waals surface area contributed by atoms with Gasteiger partial charge in [-0.25, -0.2) is 8.42 Å². The molecule has 0 N–H and O–H groups in total. The summed E-state index contributed by atoms with van der Waals surface area (Å²) >= 11 is 0.